The number of nitrogens with zero attached hydrogens (tertiary/aromatic N) is 3. The van der Waals surface area contributed by atoms with Crippen LogP contribution in [0.1, 0.15) is 5.69 Å². The molecule has 100 valence electrons. The molecule has 9 heteroatoms. The van der Waals surface area contributed by atoms with Crippen LogP contribution in [-0.2, 0) is 6.18 Å². The van der Waals surface area contributed by atoms with Gasteiger partial charge in [0.15, 0.2) is 5.69 Å². The van der Waals surface area contributed by atoms with E-state index in [9.17, 15) is 13.2 Å². The number of hydrogen-bond acceptors (Lipinski definition) is 5. The van der Waals surface area contributed by atoms with Crippen LogP contribution in [0.2, 0.25) is 0 Å². The van der Waals surface area contributed by atoms with E-state index < -0.39 is 17.8 Å². The Labute approximate surface area is 113 Å². The van der Waals surface area contributed by atoms with Crippen molar-refractivity contribution in [3.8, 4) is 11.6 Å². The molecular formula is C10H6BrF3N4O. The summed E-state index contributed by atoms with van der Waals surface area (Å²) in [6.45, 7) is 0. The average molecular weight is 335 g/mol. The smallest absolute Gasteiger partial charge is 0.433 e. The maximum Gasteiger partial charge on any atom is 0.433 e. The first-order valence-corrected chi connectivity index (χ1v) is 5.64. The SMILES string of the molecule is Nc1nc(Oc2cncc(Br)c2)cc(C(F)(F)F)n1. The van der Waals surface area contributed by atoms with Gasteiger partial charge in [-0.2, -0.15) is 18.2 Å². The first-order chi connectivity index (χ1) is 8.84. The second-order valence-corrected chi connectivity index (χ2v) is 4.30. The minimum atomic E-state index is -4.62. The largest absolute Gasteiger partial charge is 0.437 e. The van der Waals surface area contributed by atoms with Crippen LogP contribution in [0.3, 0.4) is 0 Å². The lowest BCUT2D eigenvalue weighted by molar-refractivity contribution is -0.141. The Morgan fingerprint density at radius 1 is 1.16 bits per heavy atom. The lowest BCUT2D eigenvalue weighted by Crippen LogP contribution is -2.11. The van der Waals surface area contributed by atoms with Gasteiger partial charge in [0.25, 0.3) is 0 Å². The van der Waals surface area contributed by atoms with Crippen LogP contribution < -0.4 is 10.5 Å². The summed E-state index contributed by atoms with van der Waals surface area (Å²) in [5, 5.41) is 0. The summed E-state index contributed by atoms with van der Waals surface area (Å²) in [4.78, 5) is 10.5. The van der Waals surface area contributed by atoms with E-state index in [0.29, 0.717) is 10.5 Å². The van der Waals surface area contributed by atoms with Crippen molar-refractivity contribution < 1.29 is 17.9 Å². The number of anilines is 1. The maximum atomic E-state index is 12.5. The van der Waals surface area contributed by atoms with E-state index in [0.717, 1.165) is 0 Å². The summed E-state index contributed by atoms with van der Waals surface area (Å²) in [5.74, 6) is -0.604. The van der Waals surface area contributed by atoms with E-state index in [4.69, 9.17) is 10.5 Å². The molecule has 0 bridgehead atoms. The van der Waals surface area contributed by atoms with Gasteiger partial charge in [-0.05, 0) is 22.0 Å². The van der Waals surface area contributed by atoms with Gasteiger partial charge in [0.1, 0.15) is 5.75 Å². The van der Waals surface area contributed by atoms with Crippen molar-refractivity contribution in [1.82, 2.24) is 15.0 Å². The number of pyridine rings is 1. The van der Waals surface area contributed by atoms with Gasteiger partial charge in [-0.25, -0.2) is 4.98 Å². The Morgan fingerprint density at radius 3 is 2.53 bits per heavy atom. The van der Waals surface area contributed by atoms with Gasteiger partial charge in [0, 0.05) is 16.7 Å². The lowest BCUT2D eigenvalue weighted by atomic mass is 10.4. The molecular weight excluding hydrogens is 329 g/mol. The quantitative estimate of drug-likeness (QED) is 0.913. The molecule has 19 heavy (non-hydrogen) atoms. The van der Waals surface area contributed by atoms with Crippen LogP contribution in [0.4, 0.5) is 19.1 Å². The fourth-order valence-electron chi connectivity index (χ4n) is 1.21. The average Bonchev–Trinajstić information content (AvgIpc) is 2.26. The van der Waals surface area contributed by atoms with Gasteiger partial charge < -0.3 is 10.5 Å². The zero-order valence-corrected chi connectivity index (χ0v) is 10.7. The number of nitrogen functional groups attached to an aromatic ring is 1. The molecule has 0 atom stereocenters. The first kappa shape index (κ1) is 13.5. The minimum absolute atomic E-state index is 0.223. The summed E-state index contributed by atoms with van der Waals surface area (Å²) in [5.41, 5.74) is 4.04. The van der Waals surface area contributed by atoms with Gasteiger partial charge in [-0.1, -0.05) is 0 Å². The van der Waals surface area contributed by atoms with Crippen LogP contribution in [-0.4, -0.2) is 15.0 Å². The third kappa shape index (κ3) is 3.53. The standard InChI is InChI=1S/C10H6BrF3N4O/c11-5-1-6(4-16-3-5)19-8-2-7(10(12,13)14)17-9(15)18-8/h1-4H,(H2,15,17,18). The maximum absolute atomic E-state index is 12.5. The number of nitrogens with two attached hydrogens (primary N) is 1. The highest BCUT2D eigenvalue weighted by atomic mass is 79.9. The van der Waals surface area contributed by atoms with Crippen molar-refractivity contribution in [1.29, 1.82) is 0 Å². The van der Waals surface area contributed by atoms with E-state index >= 15 is 0 Å². The Kier molecular flexibility index (Phi) is 3.56. The summed E-state index contributed by atoms with van der Waals surface area (Å²) in [6, 6.07) is 2.19. The molecule has 0 unspecified atom stereocenters. The highest BCUT2D eigenvalue weighted by Gasteiger charge is 2.33. The Balaban J connectivity index is 2.33. The lowest BCUT2D eigenvalue weighted by Gasteiger charge is -2.09. The first-order valence-electron chi connectivity index (χ1n) is 4.85. The van der Waals surface area contributed by atoms with Crippen LogP contribution >= 0.6 is 15.9 Å². The third-order valence-electron chi connectivity index (χ3n) is 1.91. The molecule has 0 aliphatic heterocycles. The van der Waals surface area contributed by atoms with Crippen LogP contribution in [0.15, 0.2) is 29.0 Å². The molecule has 5 nitrogen and oxygen atoms in total. The van der Waals surface area contributed by atoms with Gasteiger partial charge in [0.2, 0.25) is 11.8 Å². The van der Waals surface area contributed by atoms with E-state index in [1.165, 1.54) is 18.5 Å². The fraction of sp³-hybridized carbons (Fsp3) is 0.100. The summed E-state index contributed by atoms with van der Waals surface area (Å²) in [6.07, 6.45) is -1.79. The molecule has 0 amide bonds. The van der Waals surface area contributed by atoms with Crippen LogP contribution in [0.25, 0.3) is 0 Å². The number of aromatic nitrogens is 3. The third-order valence-corrected chi connectivity index (χ3v) is 2.35. The number of ether oxygens (including phenoxy) is 1. The molecule has 0 spiro atoms. The molecule has 0 saturated carbocycles. The molecule has 0 aliphatic carbocycles. The van der Waals surface area contributed by atoms with Gasteiger partial charge in [-0.3, -0.25) is 4.98 Å². The van der Waals surface area contributed by atoms with E-state index in [-0.39, 0.29) is 11.6 Å². The predicted octanol–water partition coefficient (Wildman–Crippen LogP) is 3.03. The number of hydrogen-bond donors (Lipinski definition) is 1. The Morgan fingerprint density at radius 2 is 1.89 bits per heavy atom. The van der Waals surface area contributed by atoms with Crippen molar-refractivity contribution in [2.24, 2.45) is 0 Å². The number of alkyl halides is 3. The molecule has 0 aromatic carbocycles. The van der Waals surface area contributed by atoms with E-state index in [1.54, 1.807) is 0 Å². The zero-order valence-electron chi connectivity index (χ0n) is 9.15. The molecule has 0 radical (unpaired) electrons. The Bertz CT molecular complexity index is 606. The summed E-state index contributed by atoms with van der Waals surface area (Å²) in [7, 11) is 0. The monoisotopic (exact) mass is 334 g/mol. The summed E-state index contributed by atoms with van der Waals surface area (Å²) < 4.78 is 43.4. The molecule has 2 aromatic rings. The van der Waals surface area contributed by atoms with Crippen molar-refractivity contribution in [3.05, 3.63) is 34.7 Å². The highest BCUT2D eigenvalue weighted by molar-refractivity contribution is 9.10. The molecule has 0 fully saturated rings. The van der Waals surface area contributed by atoms with Crippen molar-refractivity contribution in [3.63, 3.8) is 0 Å². The summed E-state index contributed by atoms with van der Waals surface area (Å²) >= 11 is 3.16. The zero-order chi connectivity index (χ0) is 14.0. The normalized spacial score (nSPS) is 11.4. The molecule has 2 N–H and O–H groups in total. The van der Waals surface area contributed by atoms with Crippen molar-refractivity contribution in [2.75, 3.05) is 5.73 Å². The second kappa shape index (κ2) is 5.00. The fourth-order valence-corrected chi connectivity index (χ4v) is 1.55. The van der Waals surface area contributed by atoms with Gasteiger partial charge in [0.05, 0.1) is 6.20 Å². The molecule has 2 aromatic heterocycles. The molecule has 2 heterocycles. The minimum Gasteiger partial charge on any atom is -0.437 e. The van der Waals surface area contributed by atoms with E-state index in [2.05, 4.69) is 30.9 Å². The topological polar surface area (TPSA) is 73.9 Å². The molecule has 0 aliphatic rings. The highest BCUT2D eigenvalue weighted by Crippen LogP contribution is 2.31. The second-order valence-electron chi connectivity index (χ2n) is 3.39. The molecule has 2 rings (SSSR count). The number of halogens is 4. The Hall–Kier alpha value is -1.90. The van der Waals surface area contributed by atoms with Gasteiger partial charge >= 0.3 is 6.18 Å². The van der Waals surface area contributed by atoms with Crippen molar-refractivity contribution in [2.45, 2.75) is 6.18 Å². The van der Waals surface area contributed by atoms with Gasteiger partial charge in [-0.15, -0.1) is 0 Å². The van der Waals surface area contributed by atoms with E-state index in [1.807, 2.05) is 0 Å². The van der Waals surface area contributed by atoms with Crippen LogP contribution in [0.5, 0.6) is 11.6 Å². The van der Waals surface area contributed by atoms with Crippen LogP contribution in [0, 0.1) is 0 Å². The number of rotatable bonds is 2. The van der Waals surface area contributed by atoms with Crippen molar-refractivity contribution >= 4 is 21.9 Å². The predicted molar refractivity (Wildman–Crippen MR) is 63.5 cm³/mol. The molecule has 0 saturated heterocycles.